The first-order valence-electron chi connectivity index (χ1n) is 7.01. The SMILES string of the molecule is CCN1CCC(N(C)c2cc(Cl)ccc2C(=O)O)CC1. The molecule has 0 aliphatic carbocycles. The lowest BCUT2D eigenvalue weighted by Gasteiger charge is -2.38. The summed E-state index contributed by atoms with van der Waals surface area (Å²) in [6, 6.07) is 5.33. The van der Waals surface area contributed by atoms with E-state index in [1.807, 2.05) is 7.05 Å². The van der Waals surface area contributed by atoms with Crippen molar-refractivity contribution >= 4 is 23.3 Å². The highest BCUT2D eigenvalue weighted by molar-refractivity contribution is 6.31. The van der Waals surface area contributed by atoms with Crippen molar-refractivity contribution in [2.24, 2.45) is 0 Å². The number of aromatic carboxylic acids is 1. The highest BCUT2D eigenvalue weighted by Crippen LogP contribution is 2.28. The zero-order chi connectivity index (χ0) is 14.7. The first-order valence-corrected chi connectivity index (χ1v) is 7.38. The molecule has 0 spiro atoms. The summed E-state index contributed by atoms with van der Waals surface area (Å²) in [7, 11) is 1.96. The monoisotopic (exact) mass is 296 g/mol. The predicted octanol–water partition coefficient (Wildman–Crippen LogP) is 2.96. The molecule has 1 saturated heterocycles. The van der Waals surface area contributed by atoms with Crippen LogP contribution in [0.25, 0.3) is 0 Å². The van der Waals surface area contributed by atoms with Crippen molar-refractivity contribution in [1.82, 2.24) is 4.90 Å². The molecule has 1 N–H and O–H groups in total. The van der Waals surface area contributed by atoms with E-state index >= 15 is 0 Å². The Morgan fingerprint density at radius 1 is 1.45 bits per heavy atom. The molecular weight excluding hydrogens is 276 g/mol. The van der Waals surface area contributed by atoms with Gasteiger partial charge in [-0.15, -0.1) is 0 Å². The molecule has 1 aliphatic heterocycles. The minimum atomic E-state index is -0.908. The number of benzene rings is 1. The summed E-state index contributed by atoms with van der Waals surface area (Å²) in [6.07, 6.45) is 2.10. The van der Waals surface area contributed by atoms with E-state index in [1.165, 1.54) is 0 Å². The molecule has 4 nitrogen and oxygen atoms in total. The molecule has 0 amide bonds. The molecule has 0 radical (unpaired) electrons. The van der Waals surface area contributed by atoms with E-state index in [-0.39, 0.29) is 0 Å². The van der Waals surface area contributed by atoms with Crippen molar-refractivity contribution < 1.29 is 9.90 Å². The molecule has 2 rings (SSSR count). The van der Waals surface area contributed by atoms with E-state index in [1.54, 1.807) is 18.2 Å². The summed E-state index contributed by atoms with van der Waals surface area (Å²) < 4.78 is 0. The normalized spacial score (nSPS) is 17.1. The van der Waals surface area contributed by atoms with Crippen LogP contribution in [0.5, 0.6) is 0 Å². The van der Waals surface area contributed by atoms with Gasteiger partial charge in [-0.1, -0.05) is 18.5 Å². The van der Waals surface area contributed by atoms with Crippen LogP contribution in [-0.2, 0) is 0 Å². The van der Waals surface area contributed by atoms with Crippen LogP contribution in [0, 0.1) is 0 Å². The second kappa shape index (κ2) is 6.46. The third-order valence-corrected chi connectivity index (χ3v) is 4.36. The largest absolute Gasteiger partial charge is 0.478 e. The van der Waals surface area contributed by atoms with Gasteiger partial charge in [0.1, 0.15) is 0 Å². The minimum Gasteiger partial charge on any atom is -0.478 e. The molecule has 0 bridgehead atoms. The number of hydrogen-bond acceptors (Lipinski definition) is 3. The Kier molecular flexibility index (Phi) is 4.89. The first kappa shape index (κ1) is 15.1. The average Bonchev–Trinajstić information content (AvgIpc) is 2.46. The number of likely N-dealkylation sites (tertiary alicyclic amines) is 1. The summed E-state index contributed by atoms with van der Waals surface area (Å²) >= 11 is 6.02. The van der Waals surface area contributed by atoms with Crippen molar-refractivity contribution in [3.8, 4) is 0 Å². The third-order valence-electron chi connectivity index (χ3n) is 4.12. The molecule has 5 heteroatoms. The highest BCUT2D eigenvalue weighted by Gasteiger charge is 2.24. The van der Waals surface area contributed by atoms with Gasteiger partial charge in [0.25, 0.3) is 0 Å². The summed E-state index contributed by atoms with van der Waals surface area (Å²) in [5, 5.41) is 9.88. The smallest absolute Gasteiger partial charge is 0.337 e. The van der Waals surface area contributed by atoms with Crippen molar-refractivity contribution in [2.45, 2.75) is 25.8 Å². The van der Waals surface area contributed by atoms with Gasteiger partial charge in [-0.05, 0) is 37.6 Å². The van der Waals surface area contributed by atoms with Crippen LogP contribution < -0.4 is 4.90 Å². The number of anilines is 1. The Morgan fingerprint density at radius 2 is 2.10 bits per heavy atom. The topological polar surface area (TPSA) is 43.8 Å². The van der Waals surface area contributed by atoms with Gasteiger partial charge in [-0.2, -0.15) is 0 Å². The number of carboxylic acids is 1. The number of carbonyl (C=O) groups is 1. The molecular formula is C15H21ClN2O2. The van der Waals surface area contributed by atoms with Gasteiger partial charge in [0.05, 0.1) is 11.3 Å². The van der Waals surface area contributed by atoms with Gasteiger partial charge in [0.15, 0.2) is 0 Å². The molecule has 0 atom stereocenters. The van der Waals surface area contributed by atoms with Crippen molar-refractivity contribution in [3.63, 3.8) is 0 Å². The van der Waals surface area contributed by atoms with Gasteiger partial charge >= 0.3 is 5.97 Å². The zero-order valence-corrected chi connectivity index (χ0v) is 12.7. The van der Waals surface area contributed by atoms with Crippen molar-refractivity contribution in [3.05, 3.63) is 28.8 Å². The van der Waals surface area contributed by atoms with Crippen LogP contribution in [-0.4, -0.2) is 48.7 Å². The van der Waals surface area contributed by atoms with E-state index in [9.17, 15) is 9.90 Å². The Hall–Kier alpha value is -1.26. The minimum absolute atomic E-state index is 0.315. The van der Waals surface area contributed by atoms with Crippen LogP contribution in [0.4, 0.5) is 5.69 Å². The van der Waals surface area contributed by atoms with Crippen LogP contribution >= 0.6 is 11.6 Å². The molecule has 0 saturated carbocycles. The molecule has 1 fully saturated rings. The average molecular weight is 297 g/mol. The molecule has 110 valence electrons. The number of rotatable bonds is 4. The van der Waals surface area contributed by atoms with Gasteiger partial charge in [-0.3, -0.25) is 0 Å². The fourth-order valence-electron chi connectivity index (χ4n) is 2.80. The number of piperidine rings is 1. The fraction of sp³-hybridized carbons (Fsp3) is 0.533. The lowest BCUT2D eigenvalue weighted by Crippen LogP contribution is -2.43. The summed E-state index contributed by atoms with van der Waals surface area (Å²) in [6.45, 7) is 5.38. The zero-order valence-electron chi connectivity index (χ0n) is 12.0. The highest BCUT2D eigenvalue weighted by atomic mass is 35.5. The van der Waals surface area contributed by atoms with E-state index in [0.717, 1.165) is 32.5 Å². The van der Waals surface area contributed by atoms with Gasteiger partial charge in [0, 0.05) is 31.2 Å². The summed E-state index contributed by atoms with van der Waals surface area (Å²) in [4.78, 5) is 15.8. The van der Waals surface area contributed by atoms with Gasteiger partial charge in [0.2, 0.25) is 0 Å². The molecule has 1 heterocycles. The van der Waals surface area contributed by atoms with Crippen LogP contribution in [0.15, 0.2) is 18.2 Å². The number of nitrogens with zero attached hydrogens (tertiary/aromatic N) is 2. The maximum Gasteiger partial charge on any atom is 0.337 e. The maximum absolute atomic E-state index is 11.3. The maximum atomic E-state index is 11.3. The molecule has 1 aliphatic rings. The number of carboxylic acid groups (broad SMARTS) is 1. The second-order valence-corrected chi connectivity index (χ2v) is 5.68. The number of hydrogen-bond donors (Lipinski definition) is 1. The predicted molar refractivity (Wildman–Crippen MR) is 82.0 cm³/mol. The van der Waals surface area contributed by atoms with Gasteiger partial charge in [-0.25, -0.2) is 4.79 Å². The molecule has 1 aromatic carbocycles. The van der Waals surface area contributed by atoms with Crippen LogP contribution in [0.3, 0.4) is 0 Å². The van der Waals surface area contributed by atoms with E-state index in [4.69, 9.17) is 11.6 Å². The van der Waals surface area contributed by atoms with E-state index in [2.05, 4.69) is 16.7 Å². The first-order chi connectivity index (χ1) is 9.52. The Balaban J connectivity index is 2.18. The van der Waals surface area contributed by atoms with Crippen LogP contribution in [0.1, 0.15) is 30.1 Å². The molecule has 1 aromatic rings. The van der Waals surface area contributed by atoms with Crippen LogP contribution in [0.2, 0.25) is 5.02 Å². The lowest BCUT2D eigenvalue weighted by molar-refractivity contribution is 0.0697. The second-order valence-electron chi connectivity index (χ2n) is 5.24. The fourth-order valence-corrected chi connectivity index (χ4v) is 2.96. The standard InChI is InChI=1S/C15H21ClN2O2/c1-3-18-8-6-12(7-9-18)17(2)14-10-11(16)4-5-13(14)15(19)20/h4-5,10,12H,3,6-9H2,1-2H3,(H,19,20). The third kappa shape index (κ3) is 3.25. The van der Waals surface area contributed by atoms with E-state index in [0.29, 0.717) is 22.3 Å². The molecule has 20 heavy (non-hydrogen) atoms. The quantitative estimate of drug-likeness (QED) is 0.928. The Bertz CT molecular complexity index is 485. The lowest BCUT2D eigenvalue weighted by atomic mass is 10.0. The van der Waals surface area contributed by atoms with Crippen molar-refractivity contribution in [2.75, 3.05) is 31.6 Å². The molecule has 0 unspecified atom stereocenters. The van der Waals surface area contributed by atoms with E-state index < -0.39 is 5.97 Å². The Morgan fingerprint density at radius 3 is 2.65 bits per heavy atom. The van der Waals surface area contributed by atoms with Crippen molar-refractivity contribution in [1.29, 1.82) is 0 Å². The number of halogens is 1. The summed E-state index contributed by atoms with van der Waals surface area (Å²) in [5.74, 6) is -0.908. The Labute approximate surface area is 124 Å². The molecule has 0 aromatic heterocycles. The summed E-state index contributed by atoms with van der Waals surface area (Å²) in [5.41, 5.74) is 1.02. The van der Waals surface area contributed by atoms with Gasteiger partial charge < -0.3 is 14.9 Å².